The molecule has 0 aromatic carbocycles. The van der Waals surface area contributed by atoms with Crippen LogP contribution < -0.4 is 17.1 Å². The first-order valence-corrected chi connectivity index (χ1v) is 5.96. The van der Waals surface area contributed by atoms with E-state index in [1.165, 1.54) is 0 Å². The Bertz CT molecular complexity index is 558. The van der Waals surface area contributed by atoms with Gasteiger partial charge >= 0.3 is 24.9 Å². The standard InChI is InChI=1S/C6H10N3O7P/c10-4-7-5(11)9(6(12)8-4)2-1-3-16-17(13,14)15/h1-3H2,(H2,13,14,15)(H2,7,8,10,11,12). The van der Waals surface area contributed by atoms with E-state index in [-0.39, 0.29) is 19.6 Å². The van der Waals surface area contributed by atoms with Crippen LogP contribution in [0, 0.1) is 0 Å². The van der Waals surface area contributed by atoms with Crippen molar-refractivity contribution in [2.45, 2.75) is 13.0 Å². The van der Waals surface area contributed by atoms with Crippen LogP contribution in [-0.2, 0) is 15.6 Å². The number of aromatic amines is 2. The molecule has 0 radical (unpaired) electrons. The Kier molecular flexibility index (Phi) is 4.18. The number of nitrogens with one attached hydrogen (secondary N) is 2. The monoisotopic (exact) mass is 267 g/mol. The molecule has 0 aliphatic rings. The van der Waals surface area contributed by atoms with E-state index in [1.54, 1.807) is 0 Å². The zero-order chi connectivity index (χ0) is 13.1. The quantitative estimate of drug-likeness (QED) is 0.346. The van der Waals surface area contributed by atoms with Gasteiger partial charge in [0.25, 0.3) is 0 Å². The van der Waals surface area contributed by atoms with Gasteiger partial charge in [-0.15, -0.1) is 0 Å². The van der Waals surface area contributed by atoms with Gasteiger partial charge in [0.1, 0.15) is 0 Å². The molecular weight excluding hydrogens is 257 g/mol. The lowest BCUT2D eigenvalue weighted by Gasteiger charge is -2.05. The highest BCUT2D eigenvalue weighted by Gasteiger charge is 2.13. The molecule has 0 unspecified atom stereocenters. The Morgan fingerprint density at radius 1 is 1.18 bits per heavy atom. The lowest BCUT2D eigenvalue weighted by atomic mass is 10.4. The summed E-state index contributed by atoms with van der Waals surface area (Å²) in [6.07, 6.45) is 0.0279. The summed E-state index contributed by atoms with van der Waals surface area (Å²) in [7, 11) is -4.55. The summed E-state index contributed by atoms with van der Waals surface area (Å²) in [6, 6.07) is 0. The minimum atomic E-state index is -4.55. The van der Waals surface area contributed by atoms with E-state index < -0.39 is 24.9 Å². The predicted molar refractivity (Wildman–Crippen MR) is 54.6 cm³/mol. The number of rotatable bonds is 5. The molecule has 10 nitrogen and oxygen atoms in total. The van der Waals surface area contributed by atoms with Crippen molar-refractivity contribution in [3.8, 4) is 0 Å². The first-order valence-electron chi connectivity index (χ1n) is 4.43. The first kappa shape index (κ1) is 13.6. The van der Waals surface area contributed by atoms with Crippen LogP contribution >= 0.6 is 7.82 Å². The van der Waals surface area contributed by atoms with Crippen LogP contribution in [-0.4, -0.2) is 30.9 Å². The van der Waals surface area contributed by atoms with Crippen LogP contribution in [0.25, 0.3) is 0 Å². The van der Waals surface area contributed by atoms with E-state index in [2.05, 4.69) is 4.52 Å². The summed E-state index contributed by atoms with van der Waals surface area (Å²) in [5, 5.41) is 0. The van der Waals surface area contributed by atoms with E-state index in [9.17, 15) is 18.9 Å². The minimum absolute atomic E-state index is 0.0279. The van der Waals surface area contributed by atoms with E-state index in [0.29, 0.717) is 4.57 Å². The molecule has 0 aliphatic carbocycles. The van der Waals surface area contributed by atoms with Crippen molar-refractivity contribution in [3.05, 3.63) is 31.5 Å². The van der Waals surface area contributed by atoms with Gasteiger partial charge in [-0.3, -0.25) is 14.5 Å². The summed E-state index contributed by atoms with van der Waals surface area (Å²) in [5.41, 5.74) is -2.70. The molecule has 17 heavy (non-hydrogen) atoms. The van der Waals surface area contributed by atoms with Crippen molar-refractivity contribution in [2.24, 2.45) is 0 Å². The summed E-state index contributed by atoms with van der Waals surface area (Å²) in [6.45, 7) is -0.458. The van der Waals surface area contributed by atoms with Crippen LogP contribution in [0.5, 0.6) is 0 Å². The van der Waals surface area contributed by atoms with Gasteiger partial charge in [-0.25, -0.2) is 23.5 Å². The number of phosphoric acid groups is 1. The second kappa shape index (κ2) is 5.23. The lowest BCUT2D eigenvalue weighted by molar-refractivity contribution is 0.191. The van der Waals surface area contributed by atoms with E-state index in [1.807, 2.05) is 9.97 Å². The largest absolute Gasteiger partial charge is 0.469 e. The highest BCUT2D eigenvalue weighted by Crippen LogP contribution is 2.35. The number of phosphoric ester groups is 1. The van der Waals surface area contributed by atoms with Crippen LogP contribution in [0.3, 0.4) is 0 Å². The number of hydrogen-bond donors (Lipinski definition) is 4. The smallest absolute Gasteiger partial charge is 0.303 e. The number of H-pyrrole nitrogens is 2. The Morgan fingerprint density at radius 2 is 1.71 bits per heavy atom. The molecule has 0 aliphatic heterocycles. The fraction of sp³-hybridized carbons (Fsp3) is 0.500. The maximum atomic E-state index is 11.1. The molecule has 1 aromatic rings. The minimum Gasteiger partial charge on any atom is -0.303 e. The van der Waals surface area contributed by atoms with Crippen LogP contribution in [0.4, 0.5) is 0 Å². The van der Waals surface area contributed by atoms with Crippen molar-refractivity contribution in [1.29, 1.82) is 0 Å². The molecule has 96 valence electrons. The third kappa shape index (κ3) is 4.49. The van der Waals surface area contributed by atoms with Crippen LogP contribution in [0.15, 0.2) is 14.4 Å². The zero-order valence-corrected chi connectivity index (χ0v) is 9.35. The van der Waals surface area contributed by atoms with Gasteiger partial charge in [0.2, 0.25) is 0 Å². The molecule has 0 bridgehead atoms. The van der Waals surface area contributed by atoms with Crippen molar-refractivity contribution < 1.29 is 18.9 Å². The number of aromatic nitrogens is 3. The molecule has 0 fully saturated rings. The predicted octanol–water partition coefficient (Wildman–Crippen LogP) is -2.28. The van der Waals surface area contributed by atoms with Crippen molar-refractivity contribution in [1.82, 2.24) is 14.5 Å². The van der Waals surface area contributed by atoms with Crippen LogP contribution in [0.2, 0.25) is 0 Å². The molecule has 0 saturated heterocycles. The maximum absolute atomic E-state index is 11.1. The van der Waals surface area contributed by atoms with Crippen molar-refractivity contribution >= 4 is 7.82 Å². The maximum Gasteiger partial charge on any atom is 0.469 e. The fourth-order valence-electron chi connectivity index (χ4n) is 1.06. The highest BCUT2D eigenvalue weighted by molar-refractivity contribution is 7.46. The average molecular weight is 267 g/mol. The highest BCUT2D eigenvalue weighted by atomic mass is 31.2. The van der Waals surface area contributed by atoms with Gasteiger partial charge in [0.15, 0.2) is 0 Å². The molecule has 1 heterocycles. The summed E-state index contributed by atoms with van der Waals surface area (Å²) >= 11 is 0. The Morgan fingerprint density at radius 3 is 2.18 bits per heavy atom. The van der Waals surface area contributed by atoms with Gasteiger partial charge in [-0.05, 0) is 6.42 Å². The molecule has 1 aromatic heterocycles. The van der Waals surface area contributed by atoms with Gasteiger partial charge in [-0.2, -0.15) is 0 Å². The van der Waals surface area contributed by atoms with Gasteiger partial charge in [0.05, 0.1) is 6.61 Å². The summed E-state index contributed by atoms with van der Waals surface area (Å²) < 4.78 is 15.1. The average Bonchev–Trinajstić information content (AvgIpc) is 2.13. The molecule has 0 amide bonds. The van der Waals surface area contributed by atoms with Gasteiger partial charge in [-0.1, -0.05) is 0 Å². The molecule has 0 saturated carbocycles. The van der Waals surface area contributed by atoms with E-state index in [0.717, 1.165) is 0 Å². The second-order valence-electron chi connectivity index (χ2n) is 3.02. The number of hydrogen-bond acceptors (Lipinski definition) is 5. The van der Waals surface area contributed by atoms with E-state index >= 15 is 0 Å². The third-order valence-electron chi connectivity index (χ3n) is 1.72. The molecular formula is C6H10N3O7P. The molecule has 11 heteroatoms. The Balaban J connectivity index is 2.65. The van der Waals surface area contributed by atoms with Gasteiger partial charge < -0.3 is 9.79 Å². The van der Waals surface area contributed by atoms with Crippen LogP contribution in [0.1, 0.15) is 6.42 Å². The summed E-state index contributed by atoms with van der Waals surface area (Å²) in [4.78, 5) is 53.4. The van der Waals surface area contributed by atoms with Gasteiger partial charge in [0, 0.05) is 6.54 Å². The topological polar surface area (TPSA) is 154 Å². The van der Waals surface area contributed by atoms with Crippen molar-refractivity contribution in [3.63, 3.8) is 0 Å². The SMILES string of the molecule is O=c1[nH]c(=O)n(CCCOP(=O)(O)O)c(=O)[nH]1. The van der Waals surface area contributed by atoms with E-state index in [4.69, 9.17) is 9.79 Å². The Hall–Kier alpha value is -1.48. The molecule has 0 spiro atoms. The second-order valence-corrected chi connectivity index (χ2v) is 4.26. The molecule has 4 N–H and O–H groups in total. The number of nitrogens with zero attached hydrogens (tertiary/aromatic N) is 1. The van der Waals surface area contributed by atoms with Crippen molar-refractivity contribution in [2.75, 3.05) is 6.61 Å². The summed E-state index contributed by atoms with van der Waals surface area (Å²) in [5.74, 6) is 0. The lowest BCUT2D eigenvalue weighted by Crippen LogP contribution is -2.43. The fourth-order valence-corrected chi connectivity index (χ4v) is 1.43. The zero-order valence-electron chi connectivity index (χ0n) is 8.45. The molecule has 1 rings (SSSR count). The Labute approximate surface area is 93.1 Å². The normalized spacial score (nSPS) is 11.6. The first-order chi connectivity index (χ1) is 7.79. The molecule has 0 atom stereocenters. The third-order valence-corrected chi connectivity index (χ3v) is 2.24.